The molecule has 190 valence electrons. The van der Waals surface area contributed by atoms with Crippen LogP contribution in [0.15, 0.2) is 41.3 Å². The summed E-state index contributed by atoms with van der Waals surface area (Å²) in [6, 6.07) is 10.2. The highest BCUT2D eigenvalue weighted by molar-refractivity contribution is 7.99. The molecule has 1 atom stereocenters. The average molecular weight is 532 g/mol. The monoisotopic (exact) mass is 531 g/mol. The van der Waals surface area contributed by atoms with Gasteiger partial charge in [0.1, 0.15) is 11.6 Å². The molecule has 3 N–H and O–H groups in total. The van der Waals surface area contributed by atoms with Crippen LogP contribution in [0.1, 0.15) is 38.6 Å². The van der Waals surface area contributed by atoms with Crippen molar-refractivity contribution in [2.45, 2.75) is 50.6 Å². The lowest BCUT2D eigenvalue weighted by Gasteiger charge is -2.31. The van der Waals surface area contributed by atoms with E-state index in [1.165, 1.54) is 17.8 Å². The summed E-state index contributed by atoms with van der Waals surface area (Å²) >= 11 is 7.43. The minimum absolute atomic E-state index is 0.168. The van der Waals surface area contributed by atoms with Crippen molar-refractivity contribution >= 4 is 41.1 Å². The number of anilines is 1. The quantitative estimate of drug-likeness (QED) is 0.370. The molecule has 3 aromatic rings. The number of amides is 2. The van der Waals surface area contributed by atoms with Crippen molar-refractivity contribution in [2.24, 2.45) is 5.92 Å². The first-order valence-corrected chi connectivity index (χ1v) is 12.9. The van der Waals surface area contributed by atoms with Gasteiger partial charge < -0.3 is 15.3 Å². The number of fused-ring (bicyclic) bond motifs is 1. The van der Waals surface area contributed by atoms with Crippen molar-refractivity contribution in [3.05, 3.63) is 58.6 Å². The Morgan fingerprint density at radius 3 is 2.69 bits per heavy atom. The predicted octanol–water partition coefficient (Wildman–Crippen LogP) is 5.52. The number of nitrogens with zero attached hydrogens (tertiary/aromatic N) is 3. The summed E-state index contributed by atoms with van der Waals surface area (Å²) < 4.78 is 15.2. The number of hydrogen-bond donors (Lipinski definition) is 3. The third-order valence-electron chi connectivity index (χ3n) is 5.96. The fourth-order valence-electron chi connectivity index (χ4n) is 4.25. The van der Waals surface area contributed by atoms with Crippen molar-refractivity contribution in [3.8, 4) is 11.4 Å². The number of aryl methyl sites for hydroxylation is 1. The molecule has 0 saturated heterocycles. The van der Waals surface area contributed by atoms with E-state index in [0.717, 1.165) is 5.56 Å². The molecule has 0 saturated carbocycles. The first kappa shape index (κ1) is 26.0. The second-order valence-corrected chi connectivity index (χ2v) is 10.8. The molecule has 0 radical (unpaired) electrons. The Bertz CT molecular complexity index is 1280. The van der Waals surface area contributed by atoms with Crippen molar-refractivity contribution < 1.29 is 19.1 Å². The van der Waals surface area contributed by atoms with Crippen LogP contribution < -0.4 is 10.2 Å². The Balaban J connectivity index is 1.76. The lowest BCUT2D eigenvalue weighted by Crippen LogP contribution is -2.47. The maximum Gasteiger partial charge on any atom is 0.405 e. The van der Waals surface area contributed by atoms with Gasteiger partial charge in [-0.3, -0.25) is 9.89 Å². The molecule has 4 rings (SSSR count). The van der Waals surface area contributed by atoms with E-state index in [2.05, 4.69) is 20.5 Å². The maximum absolute atomic E-state index is 15.2. The Morgan fingerprint density at radius 1 is 1.33 bits per heavy atom. The molecule has 0 fully saturated rings. The molecule has 2 amide bonds. The second kappa shape index (κ2) is 10.5. The first-order chi connectivity index (χ1) is 17.1. The van der Waals surface area contributed by atoms with Gasteiger partial charge >= 0.3 is 6.09 Å². The van der Waals surface area contributed by atoms with Gasteiger partial charge in [-0.25, -0.2) is 14.2 Å². The Kier molecular flexibility index (Phi) is 7.56. The summed E-state index contributed by atoms with van der Waals surface area (Å²) in [5, 5.41) is 19.3. The van der Waals surface area contributed by atoms with Crippen LogP contribution in [0.3, 0.4) is 0 Å². The third-order valence-corrected chi connectivity index (χ3v) is 7.42. The Hall–Kier alpha value is -3.11. The van der Waals surface area contributed by atoms with E-state index < -0.39 is 23.4 Å². The first-order valence-electron chi connectivity index (χ1n) is 11.5. The van der Waals surface area contributed by atoms with Gasteiger partial charge in [-0.05, 0) is 50.1 Å². The molecule has 1 aliphatic rings. The van der Waals surface area contributed by atoms with Crippen molar-refractivity contribution in [1.82, 2.24) is 20.5 Å². The fraction of sp³-hybridized carbons (Fsp3) is 0.360. The second-order valence-electron chi connectivity index (χ2n) is 9.34. The maximum atomic E-state index is 15.2. The number of carbonyl (C=O) groups is 2. The highest BCUT2D eigenvalue weighted by atomic mass is 35.5. The number of aromatic nitrogens is 3. The third kappa shape index (κ3) is 5.82. The summed E-state index contributed by atoms with van der Waals surface area (Å²) in [5.74, 6) is 0.0944. The summed E-state index contributed by atoms with van der Waals surface area (Å²) in [6.07, 6.45) is -0.246. The number of nitrogens with one attached hydrogen (secondary N) is 2. The summed E-state index contributed by atoms with van der Waals surface area (Å²) in [5.41, 5.74) is 0.779. The van der Waals surface area contributed by atoms with Crippen LogP contribution in [0.25, 0.3) is 11.4 Å². The zero-order chi connectivity index (χ0) is 26.0. The zero-order valence-corrected chi connectivity index (χ0v) is 21.7. The van der Waals surface area contributed by atoms with E-state index in [0.29, 0.717) is 33.6 Å². The topological polar surface area (TPSA) is 111 Å². The van der Waals surface area contributed by atoms with E-state index >= 15 is 4.39 Å². The molecular weight excluding hydrogens is 505 g/mol. The molecule has 1 aromatic heterocycles. The number of halogens is 2. The number of hydrogen-bond acceptors (Lipinski definition) is 5. The van der Waals surface area contributed by atoms with Crippen LogP contribution in [0.4, 0.5) is 14.9 Å². The highest BCUT2D eigenvalue weighted by Gasteiger charge is 2.36. The molecule has 1 aliphatic heterocycles. The van der Waals surface area contributed by atoms with Gasteiger partial charge in [0, 0.05) is 27.6 Å². The number of thioether (sulfide) groups is 1. The SMILES string of the molecule is CCc1nc(-c2cc3c(cc2F)SC[C@H](CC(C)(C)NC(=O)O)C(=O)N3Cc2ccc(Cl)cc2)n[nH]1. The molecule has 0 unspecified atom stereocenters. The normalized spacial score (nSPS) is 16.0. The predicted molar refractivity (Wildman–Crippen MR) is 138 cm³/mol. The standard InChI is InChI=1S/C25H27ClFN5O3S/c1-4-21-28-22(31-30-21)17-9-19-20(10-18(17)27)36-13-15(11-25(2,3)29-24(34)35)23(33)32(19)12-14-5-7-16(26)8-6-14/h5-10,15,29H,4,11-13H2,1-3H3,(H,34,35)(H,28,30,31)/t15-/m0/s1. The van der Waals surface area contributed by atoms with Gasteiger partial charge in [0.25, 0.3) is 0 Å². The Labute approximate surface area is 217 Å². The van der Waals surface area contributed by atoms with Crippen LogP contribution in [0.2, 0.25) is 5.02 Å². The van der Waals surface area contributed by atoms with Crippen LogP contribution in [-0.2, 0) is 17.8 Å². The van der Waals surface area contributed by atoms with Crippen molar-refractivity contribution in [3.63, 3.8) is 0 Å². The van der Waals surface area contributed by atoms with Gasteiger partial charge in [0.15, 0.2) is 5.82 Å². The number of rotatable bonds is 7. The molecule has 2 aromatic carbocycles. The number of aromatic amines is 1. The van der Waals surface area contributed by atoms with Crippen LogP contribution >= 0.6 is 23.4 Å². The number of benzene rings is 2. The minimum atomic E-state index is -1.15. The van der Waals surface area contributed by atoms with Crippen LogP contribution in [-0.4, -0.2) is 43.6 Å². The summed E-state index contributed by atoms with van der Waals surface area (Å²) in [4.78, 5) is 31.8. The zero-order valence-electron chi connectivity index (χ0n) is 20.1. The molecule has 36 heavy (non-hydrogen) atoms. The van der Waals surface area contributed by atoms with Crippen LogP contribution in [0, 0.1) is 11.7 Å². The molecule has 11 heteroatoms. The lowest BCUT2D eigenvalue weighted by atomic mass is 9.90. The summed E-state index contributed by atoms with van der Waals surface area (Å²) in [6.45, 7) is 5.65. The highest BCUT2D eigenvalue weighted by Crippen LogP contribution is 2.41. The number of carboxylic acid groups (broad SMARTS) is 1. The van der Waals surface area contributed by atoms with Gasteiger partial charge in [0.2, 0.25) is 5.91 Å². The molecular formula is C25H27ClFN5O3S. The lowest BCUT2D eigenvalue weighted by molar-refractivity contribution is -0.122. The molecule has 0 spiro atoms. The smallest absolute Gasteiger partial charge is 0.405 e. The van der Waals surface area contributed by atoms with E-state index in [1.807, 2.05) is 19.1 Å². The van der Waals surface area contributed by atoms with E-state index in [1.54, 1.807) is 36.9 Å². The van der Waals surface area contributed by atoms with Gasteiger partial charge in [-0.15, -0.1) is 11.8 Å². The van der Waals surface area contributed by atoms with E-state index in [9.17, 15) is 14.7 Å². The van der Waals surface area contributed by atoms with Gasteiger partial charge in [-0.1, -0.05) is 30.7 Å². The molecule has 0 aliphatic carbocycles. The minimum Gasteiger partial charge on any atom is -0.465 e. The van der Waals surface area contributed by atoms with E-state index in [4.69, 9.17) is 11.6 Å². The molecule has 8 nitrogen and oxygen atoms in total. The van der Waals surface area contributed by atoms with Crippen molar-refractivity contribution in [2.75, 3.05) is 10.7 Å². The van der Waals surface area contributed by atoms with Crippen molar-refractivity contribution in [1.29, 1.82) is 0 Å². The molecule has 0 bridgehead atoms. The Morgan fingerprint density at radius 2 is 2.06 bits per heavy atom. The summed E-state index contributed by atoms with van der Waals surface area (Å²) in [7, 11) is 0. The number of H-pyrrole nitrogens is 1. The average Bonchev–Trinajstić information content (AvgIpc) is 3.25. The van der Waals surface area contributed by atoms with Gasteiger partial charge in [0.05, 0.1) is 23.7 Å². The molecule has 2 heterocycles. The van der Waals surface area contributed by atoms with Crippen LogP contribution in [0.5, 0.6) is 0 Å². The fourth-order valence-corrected chi connectivity index (χ4v) is 5.53. The van der Waals surface area contributed by atoms with Gasteiger partial charge in [-0.2, -0.15) is 5.10 Å². The van der Waals surface area contributed by atoms with E-state index in [-0.39, 0.29) is 30.3 Å². The number of carbonyl (C=O) groups excluding carboxylic acids is 1. The largest absolute Gasteiger partial charge is 0.465 e.